The molecule has 5 rings (SSSR count). The number of benzene rings is 3. The first-order chi connectivity index (χ1) is 19.9. The van der Waals surface area contributed by atoms with Crippen molar-refractivity contribution in [2.75, 3.05) is 13.7 Å². The lowest BCUT2D eigenvalue weighted by molar-refractivity contribution is -0.139. The Morgan fingerprint density at radius 2 is 1.78 bits per heavy atom. The van der Waals surface area contributed by atoms with Crippen molar-refractivity contribution in [2.24, 2.45) is 4.99 Å². The molecule has 1 aliphatic rings. The number of nitrogens with zero attached hydrogens (tertiary/aromatic N) is 3. The van der Waals surface area contributed by atoms with E-state index in [0.29, 0.717) is 49.8 Å². The van der Waals surface area contributed by atoms with Crippen molar-refractivity contribution in [3.8, 4) is 17.6 Å². The summed E-state index contributed by atoms with van der Waals surface area (Å²) in [6, 6.07) is 23.3. The largest absolute Gasteiger partial charge is 0.496 e. The molecule has 8 nitrogen and oxygen atoms in total. The average Bonchev–Trinajstić information content (AvgIpc) is 3.30. The number of para-hydroxylation sites is 2. The standard InChI is InChI=1S/C32H27N3O5S/c1-4-39-31(37)28-20(2)34-32-35(29(28)24-10-6-8-12-26(24)38-3)30(36)27(41-32)17-23-9-5-7-11-25(23)40-19-22-15-13-21(18-33)14-16-22/h5-17,29H,4,19H2,1-3H3/b27-17-/t29-/m1/s1. The number of hydrogen-bond acceptors (Lipinski definition) is 8. The van der Waals surface area contributed by atoms with Crippen LogP contribution in [-0.2, 0) is 16.1 Å². The van der Waals surface area contributed by atoms with Gasteiger partial charge in [-0.1, -0.05) is 59.9 Å². The molecule has 0 aliphatic carbocycles. The molecule has 0 amide bonds. The highest BCUT2D eigenvalue weighted by molar-refractivity contribution is 7.07. The number of aromatic nitrogens is 1. The number of carbonyl (C=O) groups is 1. The first kappa shape index (κ1) is 27.6. The van der Waals surface area contributed by atoms with E-state index in [1.807, 2.05) is 54.6 Å². The van der Waals surface area contributed by atoms with Crippen LogP contribution in [0, 0.1) is 11.3 Å². The minimum Gasteiger partial charge on any atom is -0.496 e. The zero-order valence-corrected chi connectivity index (χ0v) is 23.6. The molecule has 206 valence electrons. The van der Waals surface area contributed by atoms with Gasteiger partial charge in [0.15, 0.2) is 4.80 Å². The van der Waals surface area contributed by atoms with Crippen molar-refractivity contribution in [3.63, 3.8) is 0 Å². The number of fused-ring (bicyclic) bond motifs is 1. The molecule has 9 heteroatoms. The molecule has 0 saturated heterocycles. The van der Waals surface area contributed by atoms with E-state index in [-0.39, 0.29) is 12.2 Å². The molecule has 0 unspecified atom stereocenters. The van der Waals surface area contributed by atoms with Crippen molar-refractivity contribution in [3.05, 3.63) is 126 Å². The summed E-state index contributed by atoms with van der Waals surface area (Å²) in [4.78, 5) is 32.2. The molecule has 0 N–H and O–H groups in total. The Morgan fingerprint density at radius 3 is 2.49 bits per heavy atom. The molecular formula is C32H27N3O5S. The molecule has 0 fully saturated rings. The lowest BCUT2D eigenvalue weighted by Crippen LogP contribution is -2.40. The summed E-state index contributed by atoms with van der Waals surface area (Å²) >= 11 is 1.24. The van der Waals surface area contributed by atoms with Crippen LogP contribution in [0.2, 0.25) is 0 Å². The van der Waals surface area contributed by atoms with Gasteiger partial charge in [0.05, 0.1) is 41.2 Å². The predicted octanol–water partition coefficient (Wildman–Crippen LogP) is 4.26. The third-order valence-electron chi connectivity index (χ3n) is 6.63. The monoisotopic (exact) mass is 565 g/mol. The number of nitriles is 1. The van der Waals surface area contributed by atoms with Gasteiger partial charge in [0, 0.05) is 11.1 Å². The third-order valence-corrected chi connectivity index (χ3v) is 7.62. The Labute approximate surface area is 240 Å². The minimum absolute atomic E-state index is 0.192. The van der Waals surface area contributed by atoms with Gasteiger partial charge in [-0.25, -0.2) is 9.79 Å². The third kappa shape index (κ3) is 5.55. The van der Waals surface area contributed by atoms with Gasteiger partial charge in [-0.3, -0.25) is 9.36 Å². The van der Waals surface area contributed by atoms with Crippen LogP contribution >= 0.6 is 11.3 Å². The van der Waals surface area contributed by atoms with Gasteiger partial charge in [-0.2, -0.15) is 5.26 Å². The maximum absolute atomic E-state index is 14.0. The van der Waals surface area contributed by atoms with E-state index in [0.717, 1.165) is 11.1 Å². The molecule has 0 spiro atoms. The van der Waals surface area contributed by atoms with Gasteiger partial charge in [0.25, 0.3) is 5.56 Å². The summed E-state index contributed by atoms with van der Waals surface area (Å²) in [7, 11) is 1.55. The second kappa shape index (κ2) is 12.1. The van der Waals surface area contributed by atoms with Crippen LogP contribution in [-0.4, -0.2) is 24.3 Å². The van der Waals surface area contributed by atoms with E-state index in [4.69, 9.17) is 19.5 Å². The fourth-order valence-electron chi connectivity index (χ4n) is 4.69. The van der Waals surface area contributed by atoms with Crippen LogP contribution in [0.4, 0.5) is 0 Å². The second-order valence-corrected chi connectivity index (χ2v) is 10.2. The molecule has 0 saturated carbocycles. The molecule has 4 aromatic rings. The normalized spacial score (nSPS) is 14.6. The van der Waals surface area contributed by atoms with Crippen LogP contribution in [0.15, 0.2) is 93.9 Å². The predicted molar refractivity (Wildman–Crippen MR) is 155 cm³/mol. The van der Waals surface area contributed by atoms with Gasteiger partial charge < -0.3 is 14.2 Å². The topological polar surface area (TPSA) is 103 Å². The molecule has 1 aliphatic heterocycles. The smallest absolute Gasteiger partial charge is 0.338 e. The van der Waals surface area contributed by atoms with E-state index in [2.05, 4.69) is 11.1 Å². The molecule has 1 atom stereocenters. The Balaban J connectivity index is 1.60. The zero-order valence-electron chi connectivity index (χ0n) is 22.8. The van der Waals surface area contributed by atoms with Gasteiger partial charge in [0.1, 0.15) is 24.1 Å². The van der Waals surface area contributed by atoms with Crippen molar-refractivity contribution in [2.45, 2.75) is 26.5 Å². The Kier molecular flexibility index (Phi) is 8.13. The number of thiazole rings is 1. The van der Waals surface area contributed by atoms with Gasteiger partial charge in [-0.05, 0) is 49.8 Å². The van der Waals surface area contributed by atoms with Crippen LogP contribution in [0.25, 0.3) is 6.08 Å². The van der Waals surface area contributed by atoms with Crippen LogP contribution in [0.1, 0.15) is 42.1 Å². The van der Waals surface area contributed by atoms with Gasteiger partial charge >= 0.3 is 5.97 Å². The van der Waals surface area contributed by atoms with Crippen LogP contribution in [0.5, 0.6) is 11.5 Å². The van der Waals surface area contributed by atoms with E-state index in [1.165, 1.54) is 15.9 Å². The number of ether oxygens (including phenoxy) is 3. The minimum atomic E-state index is -0.772. The molecule has 1 aromatic heterocycles. The SMILES string of the molecule is CCOC(=O)C1=C(C)N=c2s/c(=C\c3ccccc3OCc3ccc(C#N)cc3)c(=O)n2[C@@H]1c1ccccc1OC. The lowest BCUT2D eigenvalue weighted by atomic mass is 9.95. The average molecular weight is 566 g/mol. The quantitative estimate of drug-likeness (QED) is 0.296. The fourth-order valence-corrected chi connectivity index (χ4v) is 5.72. The van der Waals surface area contributed by atoms with Crippen LogP contribution in [0.3, 0.4) is 0 Å². The van der Waals surface area contributed by atoms with E-state index in [1.54, 1.807) is 45.2 Å². The van der Waals surface area contributed by atoms with Gasteiger partial charge in [-0.15, -0.1) is 0 Å². The molecule has 0 bridgehead atoms. The molecule has 3 aromatic carbocycles. The Bertz CT molecular complexity index is 1860. The number of methoxy groups -OCH3 is 1. The fraction of sp³-hybridized carbons (Fsp3) is 0.188. The Morgan fingerprint density at radius 1 is 1.07 bits per heavy atom. The summed E-state index contributed by atoms with van der Waals surface area (Å²) in [6.07, 6.45) is 1.78. The number of carbonyl (C=O) groups excluding carboxylic acids is 1. The highest BCUT2D eigenvalue weighted by Gasteiger charge is 2.35. The summed E-state index contributed by atoms with van der Waals surface area (Å²) < 4.78 is 19.1. The number of hydrogen-bond donors (Lipinski definition) is 0. The van der Waals surface area contributed by atoms with E-state index in [9.17, 15) is 9.59 Å². The van der Waals surface area contributed by atoms with Crippen LogP contribution < -0.4 is 24.4 Å². The number of allylic oxidation sites excluding steroid dienone is 1. The zero-order chi connectivity index (χ0) is 28.9. The summed E-state index contributed by atoms with van der Waals surface area (Å²) in [6.45, 7) is 3.98. The van der Waals surface area contributed by atoms with Crippen molar-refractivity contribution in [1.29, 1.82) is 5.26 Å². The molecule has 0 radical (unpaired) electrons. The highest BCUT2D eigenvalue weighted by Crippen LogP contribution is 2.35. The molecule has 2 heterocycles. The maximum atomic E-state index is 14.0. The summed E-state index contributed by atoms with van der Waals surface area (Å²) in [5, 5.41) is 9.03. The van der Waals surface area contributed by atoms with Crippen molar-refractivity contribution in [1.82, 2.24) is 4.57 Å². The van der Waals surface area contributed by atoms with Crippen molar-refractivity contribution < 1.29 is 19.0 Å². The number of rotatable bonds is 8. The first-order valence-electron chi connectivity index (χ1n) is 13.0. The molecular weight excluding hydrogens is 538 g/mol. The van der Waals surface area contributed by atoms with Gasteiger partial charge in [0.2, 0.25) is 0 Å². The maximum Gasteiger partial charge on any atom is 0.338 e. The van der Waals surface area contributed by atoms with E-state index >= 15 is 0 Å². The lowest BCUT2D eigenvalue weighted by Gasteiger charge is -2.25. The summed E-state index contributed by atoms with van der Waals surface area (Å²) in [5.74, 6) is 0.623. The van der Waals surface area contributed by atoms with Crippen molar-refractivity contribution >= 4 is 23.4 Å². The Hall–Kier alpha value is -4.94. The summed E-state index contributed by atoms with van der Waals surface area (Å²) in [5.41, 5.74) is 3.36. The molecule has 41 heavy (non-hydrogen) atoms. The van der Waals surface area contributed by atoms with E-state index < -0.39 is 12.0 Å². The first-order valence-corrected chi connectivity index (χ1v) is 13.8. The second-order valence-electron chi connectivity index (χ2n) is 9.18. The highest BCUT2D eigenvalue weighted by atomic mass is 32.1. The number of esters is 1.